The van der Waals surface area contributed by atoms with Crippen LogP contribution in [0.4, 0.5) is 9.39 Å². The third-order valence-electron chi connectivity index (χ3n) is 3.98. The highest BCUT2D eigenvalue weighted by Gasteiger charge is 2.24. The Morgan fingerprint density at radius 1 is 1.40 bits per heavy atom. The summed E-state index contributed by atoms with van der Waals surface area (Å²) in [4.78, 5) is 1.37. The summed E-state index contributed by atoms with van der Waals surface area (Å²) >= 11 is 1.66. The molecule has 1 unspecified atom stereocenters. The van der Waals surface area contributed by atoms with Gasteiger partial charge in [0.1, 0.15) is 0 Å². The Morgan fingerprint density at radius 3 is 2.90 bits per heavy atom. The van der Waals surface area contributed by atoms with Crippen LogP contribution in [0.15, 0.2) is 18.2 Å². The predicted octanol–water partition coefficient (Wildman–Crippen LogP) is 4.27. The molecule has 0 radical (unpaired) electrons. The van der Waals surface area contributed by atoms with Crippen LogP contribution in [-0.2, 0) is 12.8 Å². The molecule has 0 amide bonds. The van der Waals surface area contributed by atoms with Crippen molar-refractivity contribution in [3.63, 3.8) is 0 Å². The molecule has 3 rings (SSSR count). The van der Waals surface area contributed by atoms with Gasteiger partial charge in [-0.05, 0) is 48.4 Å². The van der Waals surface area contributed by atoms with Crippen LogP contribution >= 0.6 is 11.3 Å². The van der Waals surface area contributed by atoms with Crippen LogP contribution < -0.4 is 10.5 Å². The Balaban J connectivity index is 2.09. The van der Waals surface area contributed by atoms with Crippen molar-refractivity contribution in [2.75, 3.05) is 12.8 Å². The van der Waals surface area contributed by atoms with Gasteiger partial charge in [0.2, 0.25) is 0 Å². The number of thiophene rings is 1. The van der Waals surface area contributed by atoms with E-state index in [0.717, 1.165) is 29.0 Å². The lowest BCUT2D eigenvalue weighted by molar-refractivity contribution is 0.386. The van der Waals surface area contributed by atoms with E-state index in [9.17, 15) is 4.39 Å². The zero-order valence-corrected chi connectivity index (χ0v) is 12.5. The number of hydrogen-bond donors (Lipinski definition) is 1. The number of hydrogen-bond acceptors (Lipinski definition) is 3. The molecule has 0 saturated heterocycles. The molecule has 1 atom stereocenters. The molecule has 1 heterocycles. The van der Waals surface area contributed by atoms with E-state index in [1.54, 1.807) is 17.4 Å². The molecule has 20 heavy (non-hydrogen) atoms. The van der Waals surface area contributed by atoms with Gasteiger partial charge in [-0.2, -0.15) is 0 Å². The normalized spacial score (nSPS) is 17.9. The number of methoxy groups -OCH3 is 1. The van der Waals surface area contributed by atoms with E-state index in [2.05, 4.69) is 6.92 Å². The van der Waals surface area contributed by atoms with E-state index in [1.165, 1.54) is 30.0 Å². The van der Waals surface area contributed by atoms with E-state index in [0.29, 0.717) is 5.92 Å². The average Bonchev–Trinajstić information content (AvgIpc) is 2.73. The summed E-state index contributed by atoms with van der Waals surface area (Å²) in [5.74, 6) is 0.638. The zero-order valence-electron chi connectivity index (χ0n) is 11.7. The molecular formula is C16H18FNOS. The number of anilines is 1. The fraction of sp³-hybridized carbons (Fsp3) is 0.375. The lowest BCUT2D eigenvalue weighted by Crippen LogP contribution is -2.09. The fourth-order valence-corrected chi connectivity index (χ4v) is 4.21. The second-order valence-electron chi connectivity index (χ2n) is 5.44. The van der Waals surface area contributed by atoms with Crippen LogP contribution in [0.2, 0.25) is 0 Å². The predicted molar refractivity (Wildman–Crippen MR) is 81.9 cm³/mol. The minimum Gasteiger partial charge on any atom is -0.494 e. The van der Waals surface area contributed by atoms with Crippen LogP contribution in [0, 0.1) is 11.7 Å². The molecule has 1 aromatic carbocycles. The van der Waals surface area contributed by atoms with Gasteiger partial charge in [0, 0.05) is 10.4 Å². The summed E-state index contributed by atoms with van der Waals surface area (Å²) in [5.41, 5.74) is 9.38. The van der Waals surface area contributed by atoms with Crippen molar-refractivity contribution in [2.45, 2.75) is 26.2 Å². The zero-order chi connectivity index (χ0) is 14.3. The second kappa shape index (κ2) is 5.09. The van der Waals surface area contributed by atoms with E-state index >= 15 is 0 Å². The third kappa shape index (κ3) is 2.18. The van der Waals surface area contributed by atoms with E-state index in [4.69, 9.17) is 10.5 Å². The summed E-state index contributed by atoms with van der Waals surface area (Å²) in [6.45, 7) is 2.27. The maximum atomic E-state index is 13.9. The molecule has 1 aliphatic rings. The summed E-state index contributed by atoms with van der Waals surface area (Å²) in [6, 6.07) is 5.08. The summed E-state index contributed by atoms with van der Waals surface area (Å²) in [7, 11) is 1.47. The molecule has 2 nitrogen and oxygen atoms in total. The highest BCUT2D eigenvalue weighted by Crippen LogP contribution is 2.44. The minimum atomic E-state index is -0.339. The molecule has 0 fully saturated rings. The highest BCUT2D eigenvalue weighted by atomic mass is 32.1. The largest absolute Gasteiger partial charge is 0.494 e. The van der Waals surface area contributed by atoms with Crippen molar-refractivity contribution in [2.24, 2.45) is 5.92 Å². The van der Waals surface area contributed by atoms with Gasteiger partial charge < -0.3 is 10.5 Å². The van der Waals surface area contributed by atoms with Gasteiger partial charge in [0.15, 0.2) is 11.6 Å². The van der Waals surface area contributed by atoms with Gasteiger partial charge >= 0.3 is 0 Å². The summed E-state index contributed by atoms with van der Waals surface area (Å²) in [6.07, 6.45) is 3.30. The first kappa shape index (κ1) is 13.4. The maximum absolute atomic E-state index is 13.9. The minimum absolute atomic E-state index is 0.269. The highest BCUT2D eigenvalue weighted by molar-refractivity contribution is 7.16. The smallest absolute Gasteiger partial charge is 0.165 e. The van der Waals surface area contributed by atoms with E-state index < -0.39 is 0 Å². The Morgan fingerprint density at radius 2 is 2.20 bits per heavy atom. The Hall–Kier alpha value is -1.55. The molecule has 0 saturated carbocycles. The molecule has 0 bridgehead atoms. The first-order valence-electron chi connectivity index (χ1n) is 6.84. The summed E-state index contributed by atoms with van der Waals surface area (Å²) in [5, 5.41) is 0.800. The van der Waals surface area contributed by atoms with Crippen LogP contribution in [0.5, 0.6) is 5.75 Å². The van der Waals surface area contributed by atoms with Crippen molar-refractivity contribution in [3.05, 3.63) is 34.5 Å². The standard InChI is InChI=1S/C16H18FNOS/c1-9-3-5-11-14(7-9)20-16(18)15(11)10-4-6-13(19-2)12(17)8-10/h4,6,8-9H,3,5,7,18H2,1-2H3. The van der Waals surface area contributed by atoms with Crippen LogP contribution in [0.25, 0.3) is 11.1 Å². The molecule has 0 aliphatic heterocycles. The third-order valence-corrected chi connectivity index (χ3v) is 5.06. The quantitative estimate of drug-likeness (QED) is 0.896. The fourth-order valence-electron chi connectivity index (χ4n) is 2.91. The SMILES string of the molecule is COc1ccc(-c2c(N)sc3c2CCC(C)C3)cc1F. The molecule has 4 heteroatoms. The van der Waals surface area contributed by atoms with Gasteiger partial charge in [-0.15, -0.1) is 11.3 Å². The molecule has 2 aromatic rings. The average molecular weight is 291 g/mol. The van der Waals surface area contributed by atoms with Gasteiger partial charge in [0.25, 0.3) is 0 Å². The number of benzene rings is 1. The molecule has 0 spiro atoms. The van der Waals surface area contributed by atoms with Gasteiger partial charge in [0.05, 0.1) is 12.1 Å². The van der Waals surface area contributed by atoms with Gasteiger partial charge in [-0.1, -0.05) is 13.0 Å². The Labute approximate surface area is 122 Å². The van der Waals surface area contributed by atoms with Crippen molar-refractivity contribution >= 4 is 16.3 Å². The van der Waals surface area contributed by atoms with E-state index in [1.807, 2.05) is 6.07 Å². The molecule has 2 N–H and O–H groups in total. The number of nitrogens with two attached hydrogens (primary N) is 1. The monoisotopic (exact) mass is 291 g/mol. The summed E-state index contributed by atoms with van der Waals surface area (Å²) < 4.78 is 18.9. The van der Waals surface area contributed by atoms with Crippen LogP contribution in [0.3, 0.4) is 0 Å². The molecular weight excluding hydrogens is 273 g/mol. The molecule has 1 aromatic heterocycles. The molecule has 1 aliphatic carbocycles. The van der Waals surface area contributed by atoms with Gasteiger partial charge in [-0.3, -0.25) is 0 Å². The number of rotatable bonds is 2. The van der Waals surface area contributed by atoms with Crippen molar-refractivity contribution in [1.29, 1.82) is 0 Å². The lowest BCUT2D eigenvalue weighted by atomic mass is 9.87. The van der Waals surface area contributed by atoms with E-state index in [-0.39, 0.29) is 11.6 Å². The molecule has 106 valence electrons. The Bertz CT molecular complexity index is 650. The maximum Gasteiger partial charge on any atom is 0.165 e. The second-order valence-corrected chi connectivity index (χ2v) is 6.58. The topological polar surface area (TPSA) is 35.2 Å². The first-order chi connectivity index (χ1) is 9.60. The Kier molecular flexibility index (Phi) is 3.42. The van der Waals surface area contributed by atoms with Crippen molar-refractivity contribution in [3.8, 4) is 16.9 Å². The first-order valence-corrected chi connectivity index (χ1v) is 7.65. The van der Waals surface area contributed by atoms with Crippen LogP contribution in [0.1, 0.15) is 23.8 Å². The van der Waals surface area contributed by atoms with Crippen molar-refractivity contribution < 1.29 is 9.13 Å². The van der Waals surface area contributed by atoms with Crippen molar-refractivity contribution in [1.82, 2.24) is 0 Å². The number of nitrogen functional groups attached to an aromatic ring is 1. The number of fused-ring (bicyclic) bond motifs is 1. The lowest BCUT2D eigenvalue weighted by Gasteiger charge is -2.19. The number of halogens is 1. The van der Waals surface area contributed by atoms with Gasteiger partial charge in [-0.25, -0.2) is 4.39 Å². The van der Waals surface area contributed by atoms with Crippen LogP contribution in [-0.4, -0.2) is 7.11 Å². The number of ether oxygens (including phenoxy) is 1.